The van der Waals surface area contributed by atoms with E-state index in [4.69, 9.17) is 4.74 Å². The van der Waals surface area contributed by atoms with E-state index in [2.05, 4.69) is 4.99 Å². The van der Waals surface area contributed by atoms with Crippen molar-refractivity contribution in [2.24, 2.45) is 4.99 Å². The molecule has 2 heterocycles. The number of anilines is 1. The highest BCUT2D eigenvalue weighted by atomic mass is 32.1. The molecule has 0 N–H and O–H groups in total. The van der Waals surface area contributed by atoms with Gasteiger partial charge in [0.2, 0.25) is 0 Å². The third kappa shape index (κ3) is 4.03. The van der Waals surface area contributed by atoms with Crippen LogP contribution in [0, 0.1) is 0 Å². The summed E-state index contributed by atoms with van der Waals surface area (Å²) in [5.74, 6) is -0.448. The maximum absolute atomic E-state index is 13.5. The van der Waals surface area contributed by atoms with E-state index in [9.17, 15) is 9.59 Å². The second kappa shape index (κ2) is 8.96. The molecule has 0 fully saturated rings. The number of thiazole rings is 1. The molecule has 6 nitrogen and oxygen atoms in total. The molecule has 0 saturated carbocycles. The summed E-state index contributed by atoms with van der Waals surface area (Å²) in [6.45, 7) is 3.81. The van der Waals surface area contributed by atoms with Gasteiger partial charge in [-0.05, 0) is 43.2 Å². The van der Waals surface area contributed by atoms with Crippen molar-refractivity contribution in [3.8, 4) is 0 Å². The monoisotopic (exact) mass is 447 g/mol. The lowest BCUT2D eigenvalue weighted by Gasteiger charge is -2.24. The summed E-state index contributed by atoms with van der Waals surface area (Å²) >= 11 is 1.33. The van der Waals surface area contributed by atoms with Crippen molar-refractivity contribution in [2.45, 2.75) is 19.9 Å². The van der Waals surface area contributed by atoms with Crippen LogP contribution in [0.2, 0.25) is 0 Å². The number of nitrogens with zero attached hydrogens (tertiary/aromatic N) is 3. The van der Waals surface area contributed by atoms with Crippen LogP contribution in [0.5, 0.6) is 0 Å². The zero-order valence-electron chi connectivity index (χ0n) is 18.5. The summed E-state index contributed by atoms with van der Waals surface area (Å²) in [6, 6.07) is 17.0. The van der Waals surface area contributed by atoms with Crippen molar-refractivity contribution >= 4 is 29.1 Å². The van der Waals surface area contributed by atoms with E-state index in [0.29, 0.717) is 20.6 Å². The Morgan fingerprint density at radius 2 is 1.84 bits per heavy atom. The molecule has 0 spiro atoms. The lowest BCUT2D eigenvalue weighted by molar-refractivity contribution is -0.139. The van der Waals surface area contributed by atoms with Crippen LogP contribution in [0.15, 0.2) is 75.7 Å². The van der Waals surface area contributed by atoms with Gasteiger partial charge in [-0.2, -0.15) is 0 Å². The minimum Gasteiger partial charge on any atom is -0.463 e. The molecule has 1 aliphatic rings. The summed E-state index contributed by atoms with van der Waals surface area (Å²) in [5.41, 5.74) is 3.65. The Bertz CT molecular complexity index is 1350. The van der Waals surface area contributed by atoms with Gasteiger partial charge in [-0.25, -0.2) is 9.79 Å². The summed E-state index contributed by atoms with van der Waals surface area (Å²) in [5, 5.41) is 0. The fraction of sp³-hybridized carbons (Fsp3) is 0.240. The van der Waals surface area contributed by atoms with Gasteiger partial charge in [0.25, 0.3) is 5.56 Å². The number of allylic oxidation sites excluding steroid dienone is 1. The molecule has 32 heavy (non-hydrogen) atoms. The Morgan fingerprint density at radius 3 is 2.47 bits per heavy atom. The van der Waals surface area contributed by atoms with Crippen LogP contribution in [0.3, 0.4) is 0 Å². The summed E-state index contributed by atoms with van der Waals surface area (Å²) in [6.07, 6.45) is 1.87. The van der Waals surface area contributed by atoms with Crippen LogP contribution in [-0.2, 0) is 9.53 Å². The van der Waals surface area contributed by atoms with E-state index in [1.165, 1.54) is 11.3 Å². The SMILES string of the molecule is CCOC(=O)C1=C(C)N=c2s/c(=C\c3ccc(N(C)C)cc3)c(=O)n2[C@H]1c1ccccc1. The van der Waals surface area contributed by atoms with E-state index in [0.717, 1.165) is 16.8 Å². The molecule has 2 aromatic carbocycles. The molecule has 1 aliphatic heterocycles. The molecule has 1 aromatic heterocycles. The van der Waals surface area contributed by atoms with E-state index < -0.39 is 12.0 Å². The fourth-order valence-electron chi connectivity index (χ4n) is 3.76. The average Bonchev–Trinajstić information content (AvgIpc) is 3.08. The van der Waals surface area contributed by atoms with Crippen molar-refractivity contribution in [3.63, 3.8) is 0 Å². The minimum atomic E-state index is -0.579. The Morgan fingerprint density at radius 1 is 1.16 bits per heavy atom. The molecule has 0 amide bonds. The number of benzene rings is 2. The van der Waals surface area contributed by atoms with Gasteiger partial charge in [0.05, 0.1) is 28.5 Å². The van der Waals surface area contributed by atoms with Gasteiger partial charge in [-0.3, -0.25) is 9.36 Å². The Kier molecular flexibility index (Phi) is 6.10. The Hall–Kier alpha value is -3.45. The van der Waals surface area contributed by atoms with E-state index in [1.807, 2.05) is 79.7 Å². The molecule has 164 valence electrons. The van der Waals surface area contributed by atoms with E-state index in [1.54, 1.807) is 18.4 Å². The summed E-state index contributed by atoms with van der Waals surface area (Å²) in [4.78, 5) is 33.5. The van der Waals surface area contributed by atoms with Crippen LogP contribution in [0.25, 0.3) is 6.08 Å². The third-order valence-corrected chi connectivity index (χ3v) is 6.32. The largest absolute Gasteiger partial charge is 0.463 e. The van der Waals surface area contributed by atoms with Gasteiger partial charge >= 0.3 is 5.97 Å². The molecular weight excluding hydrogens is 422 g/mol. The first kappa shape index (κ1) is 21.8. The highest BCUT2D eigenvalue weighted by Gasteiger charge is 2.33. The van der Waals surface area contributed by atoms with Gasteiger partial charge in [0.1, 0.15) is 0 Å². The third-order valence-electron chi connectivity index (χ3n) is 5.34. The first-order valence-electron chi connectivity index (χ1n) is 10.4. The molecule has 0 saturated heterocycles. The number of aromatic nitrogens is 1. The van der Waals surface area contributed by atoms with Crippen LogP contribution in [-0.4, -0.2) is 31.2 Å². The highest BCUT2D eigenvalue weighted by molar-refractivity contribution is 7.07. The van der Waals surface area contributed by atoms with Crippen molar-refractivity contribution in [2.75, 3.05) is 25.6 Å². The number of carbonyl (C=O) groups is 1. The molecular formula is C25H25N3O3S. The number of ether oxygens (including phenoxy) is 1. The van der Waals surface area contributed by atoms with Crippen molar-refractivity contribution < 1.29 is 9.53 Å². The fourth-order valence-corrected chi connectivity index (χ4v) is 4.81. The smallest absolute Gasteiger partial charge is 0.338 e. The lowest BCUT2D eigenvalue weighted by atomic mass is 9.96. The van der Waals surface area contributed by atoms with E-state index in [-0.39, 0.29) is 12.2 Å². The number of carbonyl (C=O) groups excluding carboxylic acids is 1. The van der Waals surface area contributed by atoms with Gasteiger partial charge in [0, 0.05) is 19.8 Å². The zero-order valence-corrected chi connectivity index (χ0v) is 19.3. The quantitative estimate of drug-likeness (QED) is 0.565. The molecule has 0 bridgehead atoms. The Labute approximate surface area is 190 Å². The molecule has 0 radical (unpaired) electrons. The van der Waals surface area contributed by atoms with E-state index >= 15 is 0 Å². The van der Waals surface area contributed by atoms with Crippen molar-refractivity contribution in [1.29, 1.82) is 0 Å². The second-order valence-corrected chi connectivity index (χ2v) is 8.71. The number of rotatable bonds is 5. The zero-order chi connectivity index (χ0) is 22.8. The van der Waals surface area contributed by atoms with Crippen molar-refractivity contribution in [3.05, 3.63) is 96.7 Å². The maximum atomic E-state index is 13.5. The lowest BCUT2D eigenvalue weighted by Crippen LogP contribution is -2.39. The van der Waals surface area contributed by atoms with Crippen LogP contribution < -0.4 is 19.8 Å². The average molecular weight is 448 g/mol. The molecule has 3 aromatic rings. The van der Waals surface area contributed by atoms with Gasteiger partial charge < -0.3 is 9.64 Å². The number of esters is 1. The first-order valence-corrected chi connectivity index (χ1v) is 11.2. The van der Waals surface area contributed by atoms with Crippen LogP contribution in [0.1, 0.15) is 31.0 Å². The van der Waals surface area contributed by atoms with Crippen LogP contribution >= 0.6 is 11.3 Å². The minimum absolute atomic E-state index is 0.173. The van der Waals surface area contributed by atoms with Crippen molar-refractivity contribution in [1.82, 2.24) is 4.57 Å². The molecule has 7 heteroatoms. The first-order chi connectivity index (χ1) is 15.4. The Balaban J connectivity index is 1.89. The molecule has 4 rings (SSSR count). The predicted molar refractivity (Wildman–Crippen MR) is 128 cm³/mol. The summed E-state index contributed by atoms with van der Waals surface area (Å²) < 4.78 is 7.49. The number of fused-ring (bicyclic) bond motifs is 1. The number of hydrogen-bond acceptors (Lipinski definition) is 6. The molecule has 1 atom stereocenters. The second-order valence-electron chi connectivity index (χ2n) is 7.70. The standard InChI is InChI=1S/C25H25N3O3S/c1-5-31-24(30)21-16(2)26-25-28(22(21)18-9-7-6-8-10-18)23(29)20(32-25)15-17-11-13-19(14-12-17)27(3)4/h6-15,22H,5H2,1-4H3/b20-15-/t22-/m0/s1. The molecule has 0 unspecified atom stereocenters. The summed E-state index contributed by atoms with van der Waals surface area (Å²) in [7, 11) is 3.97. The number of hydrogen-bond donors (Lipinski definition) is 0. The normalized spacial score (nSPS) is 15.9. The maximum Gasteiger partial charge on any atom is 0.338 e. The predicted octanol–water partition coefficient (Wildman–Crippen LogP) is 2.86. The topological polar surface area (TPSA) is 63.9 Å². The van der Waals surface area contributed by atoms with Gasteiger partial charge in [0.15, 0.2) is 4.80 Å². The van der Waals surface area contributed by atoms with Gasteiger partial charge in [-0.15, -0.1) is 0 Å². The highest BCUT2D eigenvalue weighted by Crippen LogP contribution is 2.30. The van der Waals surface area contributed by atoms with Gasteiger partial charge in [-0.1, -0.05) is 53.8 Å². The van der Waals surface area contributed by atoms with Crippen LogP contribution in [0.4, 0.5) is 5.69 Å². The molecule has 0 aliphatic carbocycles.